The van der Waals surface area contributed by atoms with Crippen LogP contribution in [0.25, 0.3) is 10.2 Å². The molecule has 8 nitrogen and oxygen atoms in total. The average molecular weight is 406 g/mol. The summed E-state index contributed by atoms with van der Waals surface area (Å²) >= 11 is 1.37. The van der Waals surface area contributed by atoms with E-state index in [1.165, 1.54) is 46.4 Å². The molecule has 4 aromatic rings. The second-order valence-corrected chi connectivity index (χ2v) is 7.28. The average Bonchev–Trinajstić information content (AvgIpc) is 3.12. The van der Waals surface area contributed by atoms with Gasteiger partial charge in [-0.15, -0.1) is 0 Å². The summed E-state index contributed by atoms with van der Waals surface area (Å²) in [7, 11) is 0. The molecule has 0 radical (unpaired) electrons. The summed E-state index contributed by atoms with van der Waals surface area (Å²) in [6.45, 7) is 0.194. The lowest BCUT2D eigenvalue weighted by molar-refractivity contribution is -0.384. The van der Waals surface area contributed by atoms with Crippen LogP contribution in [0.1, 0.15) is 15.9 Å². The number of hydrogen-bond donors (Lipinski definition) is 1. The first-order valence-electron chi connectivity index (χ1n) is 8.60. The third kappa shape index (κ3) is 4.04. The largest absolute Gasteiger partial charge is 0.310 e. The van der Waals surface area contributed by atoms with Crippen LogP contribution < -0.4 is 10.9 Å². The van der Waals surface area contributed by atoms with Crippen molar-refractivity contribution < 1.29 is 9.72 Å². The lowest BCUT2D eigenvalue weighted by atomic mass is 10.2. The number of nitro groups is 1. The van der Waals surface area contributed by atoms with Crippen LogP contribution >= 0.6 is 11.3 Å². The minimum Gasteiger partial charge on any atom is -0.310 e. The van der Waals surface area contributed by atoms with Gasteiger partial charge < -0.3 is 4.57 Å². The molecular weight excluding hydrogens is 392 g/mol. The van der Waals surface area contributed by atoms with Gasteiger partial charge in [0, 0.05) is 24.4 Å². The summed E-state index contributed by atoms with van der Waals surface area (Å²) in [5, 5.41) is 14.0. The number of aromatic nitrogens is 2. The molecule has 0 unspecified atom stereocenters. The third-order valence-electron chi connectivity index (χ3n) is 4.26. The monoisotopic (exact) mass is 406 g/mol. The molecule has 2 heterocycles. The fourth-order valence-electron chi connectivity index (χ4n) is 2.80. The van der Waals surface area contributed by atoms with E-state index in [2.05, 4.69) is 10.3 Å². The number of nitro benzene ring substituents is 1. The maximum Gasteiger partial charge on any atom is 0.269 e. The summed E-state index contributed by atoms with van der Waals surface area (Å²) in [5.74, 6) is -0.374. The van der Waals surface area contributed by atoms with Crippen LogP contribution in [0.5, 0.6) is 0 Å². The molecule has 0 aliphatic heterocycles. The van der Waals surface area contributed by atoms with Crippen LogP contribution in [0.15, 0.2) is 71.7 Å². The number of fused-ring (bicyclic) bond motifs is 1. The summed E-state index contributed by atoms with van der Waals surface area (Å²) < 4.78 is 2.35. The van der Waals surface area contributed by atoms with Crippen molar-refractivity contribution in [3.63, 3.8) is 0 Å². The van der Waals surface area contributed by atoms with E-state index >= 15 is 0 Å². The number of pyridine rings is 1. The topological polar surface area (TPSA) is 107 Å². The predicted molar refractivity (Wildman–Crippen MR) is 110 cm³/mol. The number of rotatable bonds is 5. The van der Waals surface area contributed by atoms with Crippen molar-refractivity contribution in [1.82, 2.24) is 9.55 Å². The molecule has 0 saturated carbocycles. The molecule has 0 spiro atoms. The maximum atomic E-state index is 12.6. The Morgan fingerprint density at radius 1 is 1.10 bits per heavy atom. The van der Waals surface area contributed by atoms with Gasteiger partial charge >= 0.3 is 0 Å². The standard InChI is InChI=1S/C20H14N4O4S/c25-18-10-7-14(12-23(18)11-13-5-8-15(9-6-13)24(27)28)19(26)22-20-21-16-3-1-2-4-17(16)29-20/h1-10,12H,11H2,(H,21,22,26). The van der Waals surface area contributed by atoms with E-state index in [0.29, 0.717) is 16.3 Å². The van der Waals surface area contributed by atoms with E-state index < -0.39 is 4.92 Å². The Morgan fingerprint density at radius 2 is 1.86 bits per heavy atom. The molecule has 0 aliphatic rings. The summed E-state index contributed by atoms with van der Waals surface area (Å²) in [6, 6.07) is 16.3. The molecule has 2 aromatic heterocycles. The van der Waals surface area contributed by atoms with E-state index in [1.54, 1.807) is 12.1 Å². The molecule has 1 N–H and O–H groups in total. The molecule has 0 fully saturated rings. The molecule has 0 bridgehead atoms. The first kappa shape index (κ1) is 18.5. The van der Waals surface area contributed by atoms with Crippen LogP contribution in [-0.4, -0.2) is 20.4 Å². The maximum absolute atomic E-state index is 12.6. The molecule has 2 aromatic carbocycles. The van der Waals surface area contributed by atoms with Gasteiger partial charge in [0.05, 0.1) is 27.2 Å². The highest BCUT2D eigenvalue weighted by molar-refractivity contribution is 7.22. The summed E-state index contributed by atoms with van der Waals surface area (Å²) in [4.78, 5) is 39.4. The molecule has 144 valence electrons. The number of hydrogen-bond acceptors (Lipinski definition) is 6. The SMILES string of the molecule is O=C(Nc1nc2ccccc2s1)c1ccc(=O)n(Cc2ccc([N+](=O)[O-])cc2)c1. The van der Waals surface area contributed by atoms with Crippen molar-refractivity contribution in [2.75, 3.05) is 5.32 Å². The van der Waals surface area contributed by atoms with Gasteiger partial charge in [0.15, 0.2) is 5.13 Å². The fourth-order valence-corrected chi connectivity index (χ4v) is 3.66. The van der Waals surface area contributed by atoms with Gasteiger partial charge in [-0.2, -0.15) is 0 Å². The Labute approximate surface area is 168 Å². The van der Waals surface area contributed by atoms with Crippen molar-refractivity contribution in [1.29, 1.82) is 0 Å². The van der Waals surface area contributed by atoms with Crippen molar-refractivity contribution in [3.05, 3.63) is 98.5 Å². The van der Waals surface area contributed by atoms with E-state index in [-0.39, 0.29) is 23.7 Å². The number of carbonyl (C=O) groups is 1. The highest BCUT2D eigenvalue weighted by atomic mass is 32.1. The van der Waals surface area contributed by atoms with Crippen LogP contribution in [0.2, 0.25) is 0 Å². The Balaban J connectivity index is 1.54. The van der Waals surface area contributed by atoms with Gasteiger partial charge in [-0.3, -0.25) is 25.0 Å². The number of nitrogens with one attached hydrogen (secondary N) is 1. The number of benzene rings is 2. The Hall–Kier alpha value is -3.85. The highest BCUT2D eigenvalue weighted by Gasteiger charge is 2.12. The lowest BCUT2D eigenvalue weighted by Crippen LogP contribution is -2.22. The Morgan fingerprint density at radius 3 is 2.59 bits per heavy atom. The molecular formula is C20H14N4O4S. The number of thiazole rings is 1. The summed E-state index contributed by atoms with van der Waals surface area (Å²) in [6.07, 6.45) is 1.46. The molecule has 1 amide bonds. The molecule has 9 heteroatoms. The zero-order valence-electron chi connectivity index (χ0n) is 14.9. The first-order valence-corrected chi connectivity index (χ1v) is 9.42. The van der Waals surface area contributed by atoms with Gasteiger partial charge in [0.1, 0.15) is 0 Å². The number of amides is 1. The molecule has 4 rings (SSSR count). The van der Waals surface area contributed by atoms with Crippen molar-refractivity contribution in [3.8, 4) is 0 Å². The molecule has 0 saturated heterocycles. The number of para-hydroxylation sites is 1. The molecule has 0 atom stereocenters. The van der Waals surface area contributed by atoms with Gasteiger partial charge in [0.2, 0.25) is 0 Å². The predicted octanol–water partition coefficient (Wildman–Crippen LogP) is 3.67. The van der Waals surface area contributed by atoms with E-state index in [0.717, 1.165) is 10.2 Å². The third-order valence-corrected chi connectivity index (χ3v) is 5.21. The van der Waals surface area contributed by atoms with E-state index in [4.69, 9.17) is 0 Å². The zero-order chi connectivity index (χ0) is 20.4. The van der Waals surface area contributed by atoms with Crippen LogP contribution in [0.4, 0.5) is 10.8 Å². The van der Waals surface area contributed by atoms with Gasteiger partial charge in [0.25, 0.3) is 17.2 Å². The second-order valence-electron chi connectivity index (χ2n) is 6.25. The van der Waals surface area contributed by atoms with E-state index in [9.17, 15) is 19.7 Å². The van der Waals surface area contributed by atoms with Crippen LogP contribution in [0, 0.1) is 10.1 Å². The van der Waals surface area contributed by atoms with Crippen molar-refractivity contribution in [2.45, 2.75) is 6.54 Å². The van der Waals surface area contributed by atoms with Gasteiger partial charge in [-0.1, -0.05) is 35.6 Å². The highest BCUT2D eigenvalue weighted by Crippen LogP contribution is 2.25. The minimum atomic E-state index is -0.483. The van der Waals surface area contributed by atoms with Gasteiger partial charge in [-0.05, 0) is 23.8 Å². The lowest BCUT2D eigenvalue weighted by Gasteiger charge is -2.08. The van der Waals surface area contributed by atoms with E-state index in [1.807, 2.05) is 24.3 Å². The minimum absolute atomic E-state index is 0.0231. The normalized spacial score (nSPS) is 10.8. The number of non-ortho nitro benzene ring substituents is 1. The Kier molecular flexibility index (Phi) is 4.88. The Bertz CT molecular complexity index is 1240. The first-order chi connectivity index (χ1) is 14.0. The van der Waals surface area contributed by atoms with Crippen LogP contribution in [-0.2, 0) is 6.54 Å². The second kappa shape index (κ2) is 7.64. The smallest absolute Gasteiger partial charge is 0.269 e. The van der Waals surface area contributed by atoms with Crippen LogP contribution in [0.3, 0.4) is 0 Å². The number of anilines is 1. The number of nitrogens with zero attached hydrogens (tertiary/aromatic N) is 3. The van der Waals surface area contributed by atoms with Crippen molar-refractivity contribution in [2.24, 2.45) is 0 Å². The summed E-state index contributed by atoms with van der Waals surface area (Å²) in [5.41, 5.74) is 1.52. The van der Waals surface area contributed by atoms with Gasteiger partial charge in [-0.25, -0.2) is 4.98 Å². The quantitative estimate of drug-likeness (QED) is 0.402. The van der Waals surface area contributed by atoms with Crippen molar-refractivity contribution >= 4 is 38.3 Å². The number of carbonyl (C=O) groups excluding carboxylic acids is 1. The molecule has 29 heavy (non-hydrogen) atoms. The zero-order valence-corrected chi connectivity index (χ0v) is 15.8. The molecule has 0 aliphatic carbocycles. The fraction of sp³-hybridized carbons (Fsp3) is 0.0500.